The van der Waals surface area contributed by atoms with Crippen molar-refractivity contribution in [2.45, 2.75) is 61.5 Å². The molecule has 118 valence electrons. The first-order valence-corrected chi connectivity index (χ1v) is 8.82. The Morgan fingerprint density at radius 1 is 1.38 bits per heavy atom. The Hall–Kier alpha value is -0.490. The Morgan fingerprint density at radius 3 is 2.86 bits per heavy atom. The van der Waals surface area contributed by atoms with Gasteiger partial charge in [0, 0.05) is 29.0 Å². The first-order chi connectivity index (χ1) is 10.2. The average Bonchev–Trinajstić information content (AvgIpc) is 3.09. The van der Waals surface area contributed by atoms with E-state index in [2.05, 4.69) is 18.3 Å². The van der Waals surface area contributed by atoms with Crippen LogP contribution in [0.3, 0.4) is 0 Å². The van der Waals surface area contributed by atoms with Gasteiger partial charge in [0.1, 0.15) is 5.76 Å². The Balaban J connectivity index is 1.71. The van der Waals surface area contributed by atoms with E-state index >= 15 is 0 Å². The van der Waals surface area contributed by atoms with Gasteiger partial charge in [0.2, 0.25) is 0 Å². The smallest absolute Gasteiger partial charge is 0.169 e. The summed E-state index contributed by atoms with van der Waals surface area (Å²) in [4.78, 5) is 1.23. The largest absolute Gasteiger partial charge is 0.468 e. The van der Waals surface area contributed by atoms with Gasteiger partial charge in [0.15, 0.2) is 5.79 Å². The highest BCUT2D eigenvalue weighted by Gasteiger charge is 2.45. The summed E-state index contributed by atoms with van der Waals surface area (Å²) in [6.07, 6.45) is 5.98. The predicted octanol–water partition coefficient (Wildman–Crippen LogP) is 3.34. The molecule has 3 rings (SSSR count). The monoisotopic (exact) mass is 311 g/mol. The third-order valence-electron chi connectivity index (χ3n) is 4.36. The van der Waals surface area contributed by atoms with Crippen LogP contribution in [0.5, 0.6) is 0 Å². The van der Waals surface area contributed by atoms with Crippen LogP contribution in [0.15, 0.2) is 21.6 Å². The maximum atomic E-state index is 5.93. The second-order valence-electron chi connectivity index (χ2n) is 5.91. The number of rotatable bonds is 5. The fourth-order valence-corrected chi connectivity index (χ4v) is 4.63. The van der Waals surface area contributed by atoms with Crippen molar-refractivity contribution in [3.05, 3.63) is 18.1 Å². The van der Waals surface area contributed by atoms with E-state index in [1.807, 2.05) is 18.7 Å². The van der Waals surface area contributed by atoms with Gasteiger partial charge in [-0.3, -0.25) is 0 Å². The molecule has 5 heteroatoms. The van der Waals surface area contributed by atoms with Gasteiger partial charge in [-0.2, -0.15) is 0 Å². The molecular formula is C16H25NO3S. The van der Waals surface area contributed by atoms with Crippen LogP contribution in [0, 0.1) is 6.92 Å². The summed E-state index contributed by atoms with van der Waals surface area (Å²) in [6.45, 7) is 6.77. The fourth-order valence-electron chi connectivity index (χ4n) is 3.22. The lowest BCUT2D eigenvalue weighted by Crippen LogP contribution is -2.49. The zero-order chi connectivity index (χ0) is 14.7. The van der Waals surface area contributed by atoms with Gasteiger partial charge in [0.25, 0.3) is 0 Å². The van der Waals surface area contributed by atoms with Gasteiger partial charge in [-0.25, -0.2) is 0 Å². The molecule has 0 aromatic carbocycles. The van der Waals surface area contributed by atoms with Crippen molar-refractivity contribution in [2.24, 2.45) is 0 Å². The first-order valence-electron chi connectivity index (χ1n) is 7.94. The number of ether oxygens (including phenoxy) is 2. The Labute approximate surface area is 130 Å². The summed E-state index contributed by atoms with van der Waals surface area (Å²) < 4.78 is 17.3. The van der Waals surface area contributed by atoms with Gasteiger partial charge in [0.05, 0.1) is 19.5 Å². The van der Waals surface area contributed by atoms with Crippen molar-refractivity contribution in [2.75, 3.05) is 19.8 Å². The molecule has 1 spiro atoms. The maximum absolute atomic E-state index is 5.93. The molecule has 1 aromatic rings. The molecule has 4 nitrogen and oxygen atoms in total. The van der Waals surface area contributed by atoms with E-state index in [0.29, 0.717) is 11.3 Å². The van der Waals surface area contributed by atoms with E-state index < -0.39 is 0 Å². The molecule has 1 aliphatic heterocycles. The van der Waals surface area contributed by atoms with Gasteiger partial charge in [-0.1, -0.05) is 6.92 Å². The van der Waals surface area contributed by atoms with Crippen LogP contribution in [0.2, 0.25) is 0 Å². The second kappa shape index (κ2) is 6.73. The topological polar surface area (TPSA) is 43.6 Å². The number of hydrogen-bond donors (Lipinski definition) is 1. The van der Waals surface area contributed by atoms with Gasteiger partial charge < -0.3 is 19.2 Å². The van der Waals surface area contributed by atoms with Crippen LogP contribution < -0.4 is 5.32 Å². The molecule has 2 heterocycles. The van der Waals surface area contributed by atoms with E-state index in [-0.39, 0.29) is 5.79 Å². The number of hydrogen-bond acceptors (Lipinski definition) is 5. The molecule has 0 amide bonds. The van der Waals surface area contributed by atoms with E-state index in [9.17, 15) is 0 Å². The third kappa shape index (κ3) is 3.47. The fraction of sp³-hybridized carbons (Fsp3) is 0.750. The quantitative estimate of drug-likeness (QED) is 0.903. The summed E-state index contributed by atoms with van der Waals surface area (Å²) in [7, 11) is 0. The molecule has 0 radical (unpaired) electrons. The zero-order valence-electron chi connectivity index (χ0n) is 12.9. The normalized spacial score (nSPS) is 28.3. The van der Waals surface area contributed by atoms with Crippen molar-refractivity contribution in [1.82, 2.24) is 5.32 Å². The van der Waals surface area contributed by atoms with E-state index in [1.165, 1.54) is 4.90 Å². The third-order valence-corrected chi connectivity index (χ3v) is 5.83. The lowest BCUT2D eigenvalue weighted by Gasteiger charge is -2.41. The lowest BCUT2D eigenvalue weighted by molar-refractivity contribution is -0.178. The zero-order valence-corrected chi connectivity index (χ0v) is 13.7. The molecule has 1 aliphatic carbocycles. The molecular weight excluding hydrogens is 286 g/mol. The Morgan fingerprint density at radius 2 is 2.19 bits per heavy atom. The molecule has 1 N–H and O–H groups in total. The summed E-state index contributed by atoms with van der Waals surface area (Å²) >= 11 is 1.90. The highest BCUT2D eigenvalue weighted by atomic mass is 32.2. The summed E-state index contributed by atoms with van der Waals surface area (Å²) in [6, 6.07) is 2.58. The molecule has 0 bridgehead atoms. The SMILES string of the molecule is CCCNC1CCC2(CC1Sc1ccoc1C)OCCO2. The molecule has 2 unspecified atom stereocenters. The number of furan rings is 1. The van der Waals surface area contributed by atoms with Gasteiger partial charge in [-0.05, 0) is 32.4 Å². The maximum Gasteiger partial charge on any atom is 0.169 e. The van der Waals surface area contributed by atoms with E-state index in [4.69, 9.17) is 13.9 Å². The minimum atomic E-state index is -0.334. The molecule has 1 saturated heterocycles. The van der Waals surface area contributed by atoms with Crippen molar-refractivity contribution in [3.63, 3.8) is 0 Å². The summed E-state index contributed by atoms with van der Waals surface area (Å²) in [5, 5.41) is 4.16. The molecule has 2 aliphatic rings. The number of aryl methyl sites for hydroxylation is 1. The number of thioether (sulfide) groups is 1. The molecule has 1 saturated carbocycles. The predicted molar refractivity (Wildman–Crippen MR) is 83.7 cm³/mol. The Kier molecular flexibility index (Phi) is 4.94. The van der Waals surface area contributed by atoms with E-state index in [0.717, 1.165) is 51.2 Å². The van der Waals surface area contributed by atoms with Crippen molar-refractivity contribution in [1.29, 1.82) is 0 Å². The second-order valence-corrected chi connectivity index (χ2v) is 7.19. The standard InChI is InChI=1S/C16H25NO3S/c1-3-7-17-13-4-6-16(19-9-10-20-16)11-15(13)21-14-5-8-18-12(14)2/h5,8,13,15,17H,3-4,6-7,9-11H2,1-2H3. The molecule has 2 fully saturated rings. The van der Waals surface area contributed by atoms with Crippen LogP contribution in [-0.2, 0) is 9.47 Å². The Bertz CT molecular complexity index is 456. The van der Waals surface area contributed by atoms with Gasteiger partial charge in [-0.15, -0.1) is 11.8 Å². The first kappa shape index (κ1) is 15.4. The minimum Gasteiger partial charge on any atom is -0.468 e. The highest BCUT2D eigenvalue weighted by molar-refractivity contribution is 8.00. The van der Waals surface area contributed by atoms with Crippen LogP contribution in [0.25, 0.3) is 0 Å². The van der Waals surface area contributed by atoms with Crippen LogP contribution in [-0.4, -0.2) is 36.8 Å². The number of nitrogens with one attached hydrogen (secondary N) is 1. The van der Waals surface area contributed by atoms with Crippen molar-refractivity contribution < 1.29 is 13.9 Å². The van der Waals surface area contributed by atoms with Crippen LogP contribution in [0.4, 0.5) is 0 Å². The highest BCUT2D eigenvalue weighted by Crippen LogP contribution is 2.43. The average molecular weight is 311 g/mol. The molecule has 1 aromatic heterocycles. The van der Waals surface area contributed by atoms with Crippen LogP contribution >= 0.6 is 11.8 Å². The van der Waals surface area contributed by atoms with Gasteiger partial charge >= 0.3 is 0 Å². The summed E-state index contributed by atoms with van der Waals surface area (Å²) in [5.41, 5.74) is 0. The molecule has 21 heavy (non-hydrogen) atoms. The summed E-state index contributed by atoms with van der Waals surface area (Å²) in [5.74, 6) is 0.668. The van der Waals surface area contributed by atoms with Crippen molar-refractivity contribution >= 4 is 11.8 Å². The van der Waals surface area contributed by atoms with E-state index in [1.54, 1.807) is 6.26 Å². The van der Waals surface area contributed by atoms with Crippen molar-refractivity contribution in [3.8, 4) is 0 Å². The minimum absolute atomic E-state index is 0.334. The molecule has 2 atom stereocenters. The van der Waals surface area contributed by atoms with Crippen LogP contribution in [0.1, 0.15) is 38.4 Å². The lowest BCUT2D eigenvalue weighted by atomic mass is 9.89.